The molecule has 0 spiro atoms. The minimum Gasteiger partial charge on any atom is -0.292 e. The fraction of sp³-hybridized carbons (Fsp3) is 0.500. The monoisotopic (exact) mass is 238 g/mol. The van der Waals surface area contributed by atoms with Crippen molar-refractivity contribution in [1.29, 1.82) is 0 Å². The van der Waals surface area contributed by atoms with Gasteiger partial charge < -0.3 is 0 Å². The average molecular weight is 238 g/mol. The van der Waals surface area contributed by atoms with E-state index >= 15 is 0 Å². The van der Waals surface area contributed by atoms with Gasteiger partial charge in [-0.3, -0.25) is 4.79 Å². The fourth-order valence-electron chi connectivity index (χ4n) is 2.80. The van der Waals surface area contributed by atoms with Crippen molar-refractivity contribution in [2.24, 2.45) is 0 Å². The Hall–Kier alpha value is -1.25. The summed E-state index contributed by atoms with van der Waals surface area (Å²) >= 11 is 0. The van der Waals surface area contributed by atoms with Crippen LogP contribution in [0.2, 0.25) is 0 Å². The lowest BCUT2D eigenvalue weighted by Gasteiger charge is -2.36. The Labute approximate surface area is 99.8 Å². The smallest absolute Gasteiger partial charge is 0.292 e. The van der Waals surface area contributed by atoms with Crippen LogP contribution in [0.5, 0.6) is 0 Å². The molecule has 1 fully saturated rings. The minimum atomic E-state index is -2.87. The molecule has 1 saturated carbocycles. The fourth-order valence-corrected chi connectivity index (χ4v) is 2.80. The molecule has 1 aliphatic carbocycles. The van der Waals surface area contributed by atoms with Gasteiger partial charge in [-0.15, -0.1) is 0 Å². The van der Waals surface area contributed by atoms with Crippen molar-refractivity contribution in [1.82, 2.24) is 0 Å². The topological polar surface area (TPSA) is 17.1 Å². The van der Waals surface area contributed by atoms with Gasteiger partial charge in [-0.25, -0.2) is 8.78 Å². The summed E-state index contributed by atoms with van der Waals surface area (Å²) in [6, 6.07) is 9.05. The zero-order valence-corrected chi connectivity index (χ0v) is 9.66. The van der Waals surface area contributed by atoms with Crippen molar-refractivity contribution in [3.8, 4) is 0 Å². The lowest BCUT2D eigenvalue weighted by atomic mass is 9.67. The molecule has 1 aromatic rings. The molecule has 3 heteroatoms. The number of carbonyl (C=O) groups excluding carboxylic acids is 1. The van der Waals surface area contributed by atoms with Gasteiger partial charge in [-0.2, -0.15) is 0 Å². The van der Waals surface area contributed by atoms with Crippen molar-refractivity contribution in [2.45, 2.75) is 43.9 Å². The van der Waals surface area contributed by atoms with Crippen molar-refractivity contribution in [3.63, 3.8) is 0 Å². The molecule has 1 aromatic carbocycles. The summed E-state index contributed by atoms with van der Waals surface area (Å²) in [6.45, 7) is 0. The first-order chi connectivity index (χ1) is 8.17. The van der Waals surface area contributed by atoms with Crippen molar-refractivity contribution in [2.75, 3.05) is 0 Å². The van der Waals surface area contributed by atoms with Crippen molar-refractivity contribution in [3.05, 3.63) is 35.9 Å². The highest BCUT2D eigenvalue weighted by Gasteiger charge is 2.44. The molecule has 0 aliphatic heterocycles. The predicted molar refractivity (Wildman–Crippen MR) is 62.2 cm³/mol. The third-order valence-corrected chi connectivity index (χ3v) is 3.70. The first kappa shape index (κ1) is 12.2. The minimum absolute atomic E-state index is 0.556. The Bertz CT molecular complexity index is 380. The highest BCUT2D eigenvalue weighted by atomic mass is 19.3. The molecule has 0 unspecified atom stereocenters. The molecular formula is C14H16F2O. The number of carbonyl (C=O) groups is 1. The van der Waals surface area contributed by atoms with E-state index in [1.807, 2.05) is 18.2 Å². The lowest BCUT2D eigenvalue weighted by molar-refractivity contribution is -0.136. The number of hydrogen-bond donors (Lipinski definition) is 0. The number of rotatable bonds is 3. The molecule has 1 aliphatic rings. The largest absolute Gasteiger partial charge is 0.296 e. The van der Waals surface area contributed by atoms with Gasteiger partial charge in [-0.05, 0) is 18.4 Å². The summed E-state index contributed by atoms with van der Waals surface area (Å²) in [5, 5.41) is 0. The van der Waals surface area contributed by atoms with Crippen molar-refractivity contribution >= 4 is 5.78 Å². The van der Waals surface area contributed by atoms with Crippen LogP contribution in [-0.4, -0.2) is 12.2 Å². The first-order valence-corrected chi connectivity index (χ1v) is 6.05. The Morgan fingerprint density at radius 3 is 2.18 bits per heavy atom. The summed E-state index contributed by atoms with van der Waals surface area (Å²) in [4.78, 5) is 11.9. The van der Waals surface area contributed by atoms with Gasteiger partial charge in [0.05, 0.1) is 5.41 Å². The maximum absolute atomic E-state index is 12.8. The maximum atomic E-state index is 12.8. The highest BCUT2D eigenvalue weighted by Crippen LogP contribution is 2.41. The van der Waals surface area contributed by atoms with E-state index in [1.165, 1.54) is 0 Å². The van der Waals surface area contributed by atoms with E-state index in [0.29, 0.717) is 12.8 Å². The van der Waals surface area contributed by atoms with E-state index in [1.54, 1.807) is 12.1 Å². The average Bonchev–Trinajstić information content (AvgIpc) is 2.39. The Kier molecular flexibility index (Phi) is 3.55. The Morgan fingerprint density at radius 2 is 1.65 bits per heavy atom. The second-order valence-electron chi connectivity index (χ2n) is 4.67. The second kappa shape index (κ2) is 4.94. The molecule has 1 nitrogen and oxygen atoms in total. The molecule has 0 radical (unpaired) electrons. The van der Waals surface area contributed by atoms with E-state index in [2.05, 4.69) is 0 Å². The third kappa shape index (κ3) is 2.24. The number of alkyl halides is 2. The van der Waals surface area contributed by atoms with Gasteiger partial charge in [0, 0.05) is 0 Å². The van der Waals surface area contributed by atoms with Gasteiger partial charge in [0.15, 0.2) is 0 Å². The second-order valence-corrected chi connectivity index (χ2v) is 4.67. The van der Waals surface area contributed by atoms with Crippen LogP contribution < -0.4 is 0 Å². The molecule has 0 heterocycles. The predicted octanol–water partition coefficient (Wildman–Crippen LogP) is 3.72. The molecule has 17 heavy (non-hydrogen) atoms. The summed E-state index contributed by atoms with van der Waals surface area (Å²) in [6.07, 6.45) is 0.986. The Morgan fingerprint density at radius 1 is 1.06 bits per heavy atom. The zero-order chi connectivity index (χ0) is 12.3. The van der Waals surface area contributed by atoms with Crippen LogP contribution >= 0.6 is 0 Å². The SMILES string of the molecule is O=C(C(F)F)C1(c2ccccc2)CCCCC1. The molecule has 0 atom stereocenters. The van der Waals surface area contributed by atoms with Crippen LogP contribution in [0.1, 0.15) is 37.7 Å². The highest BCUT2D eigenvalue weighted by molar-refractivity contribution is 5.92. The van der Waals surface area contributed by atoms with Crippen LogP contribution in [0.25, 0.3) is 0 Å². The molecule has 92 valence electrons. The van der Waals surface area contributed by atoms with Crippen LogP contribution in [0.15, 0.2) is 30.3 Å². The molecule has 0 bridgehead atoms. The van der Waals surface area contributed by atoms with Crippen LogP contribution in [0, 0.1) is 0 Å². The normalized spacial score (nSPS) is 19.2. The number of ketones is 1. The summed E-state index contributed by atoms with van der Waals surface area (Å²) in [5.41, 5.74) is -0.182. The number of benzene rings is 1. The first-order valence-electron chi connectivity index (χ1n) is 6.05. The summed E-state index contributed by atoms with van der Waals surface area (Å²) < 4.78 is 25.6. The van der Waals surface area contributed by atoms with Gasteiger partial charge in [0.25, 0.3) is 6.43 Å². The number of hydrogen-bond acceptors (Lipinski definition) is 1. The molecule has 0 saturated heterocycles. The quantitative estimate of drug-likeness (QED) is 0.784. The van der Waals surface area contributed by atoms with Gasteiger partial charge >= 0.3 is 0 Å². The molecular weight excluding hydrogens is 222 g/mol. The van der Waals surface area contributed by atoms with E-state index in [-0.39, 0.29) is 0 Å². The third-order valence-electron chi connectivity index (χ3n) is 3.70. The number of halogens is 2. The maximum Gasteiger partial charge on any atom is 0.296 e. The van der Waals surface area contributed by atoms with Crippen LogP contribution in [0.4, 0.5) is 8.78 Å². The lowest BCUT2D eigenvalue weighted by Crippen LogP contribution is -2.41. The Balaban J connectivity index is 2.40. The van der Waals surface area contributed by atoms with Gasteiger partial charge in [-0.1, -0.05) is 49.6 Å². The number of Topliss-reactive ketones (excluding diaryl/α,β-unsaturated/α-hetero) is 1. The van der Waals surface area contributed by atoms with E-state index in [9.17, 15) is 13.6 Å². The van der Waals surface area contributed by atoms with E-state index in [0.717, 1.165) is 24.8 Å². The molecule has 0 amide bonds. The van der Waals surface area contributed by atoms with Crippen LogP contribution in [0.3, 0.4) is 0 Å². The van der Waals surface area contributed by atoms with E-state index in [4.69, 9.17) is 0 Å². The summed E-state index contributed by atoms with van der Waals surface area (Å²) in [7, 11) is 0. The zero-order valence-electron chi connectivity index (χ0n) is 9.66. The van der Waals surface area contributed by atoms with E-state index < -0.39 is 17.6 Å². The van der Waals surface area contributed by atoms with Gasteiger partial charge in [0.1, 0.15) is 0 Å². The standard InChI is InChI=1S/C14H16F2O/c15-13(16)12(17)14(9-5-2-6-10-14)11-7-3-1-4-8-11/h1,3-4,7-8,13H,2,5-6,9-10H2. The van der Waals surface area contributed by atoms with Crippen LogP contribution in [-0.2, 0) is 10.2 Å². The molecule has 0 N–H and O–H groups in total. The van der Waals surface area contributed by atoms with Gasteiger partial charge in [0.2, 0.25) is 5.78 Å². The molecule has 2 rings (SSSR count). The summed E-state index contributed by atoms with van der Waals surface area (Å²) in [5.74, 6) is -0.900. The van der Waals surface area contributed by atoms with Crippen molar-refractivity contribution < 1.29 is 13.6 Å². The molecule has 0 aromatic heterocycles.